The van der Waals surface area contributed by atoms with E-state index in [1.807, 2.05) is 12.3 Å². The lowest BCUT2D eigenvalue weighted by Crippen LogP contribution is -2.19. The highest BCUT2D eigenvalue weighted by molar-refractivity contribution is 6.03. The Morgan fingerprint density at radius 3 is 2.36 bits per heavy atom. The van der Waals surface area contributed by atoms with Crippen LogP contribution in [0.2, 0.25) is 0 Å². The Kier molecular flexibility index (Phi) is 4.26. The standard InChI is InChI=1S/C19H14F3N5O/c20-19(21,22)12-1-3-13(4-2-12)26-18(28)27-14-5-6-17-15(7-14)16(10-23-17)11-8-24-25-9-11/h1-10,23H,(H,24,25)(H2,26,27,28). The van der Waals surface area contributed by atoms with Crippen molar-refractivity contribution in [2.45, 2.75) is 6.18 Å². The molecule has 0 aliphatic heterocycles. The van der Waals surface area contributed by atoms with Crippen LogP contribution in [0.15, 0.2) is 61.1 Å². The van der Waals surface area contributed by atoms with Crippen LogP contribution < -0.4 is 10.6 Å². The summed E-state index contributed by atoms with van der Waals surface area (Å²) in [6.07, 6.45) is 0.890. The maximum Gasteiger partial charge on any atom is 0.416 e. The lowest BCUT2D eigenvalue weighted by Gasteiger charge is -2.10. The van der Waals surface area contributed by atoms with Gasteiger partial charge in [0, 0.05) is 45.8 Å². The molecule has 0 atom stereocenters. The molecule has 0 bridgehead atoms. The summed E-state index contributed by atoms with van der Waals surface area (Å²) in [5, 5.41) is 12.8. The Morgan fingerprint density at radius 2 is 1.68 bits per heavy atom. The van der Waals surface area contributed by atoms with Gasteiger partial charge >= 0.3 is 12.2 Å². The summed E-state index contributed by atoms with van der Waals surface area (Å²) in [7, 11) is 0. The fourth-order valence-electron chi connectivity index (χ4n) is 2.87. The Hall–Kier alpha value is -3.75. The molecule has 4 aromatic rings. The molecule has 0 aliphatic rings. The molecule has 2 amide bonds. The van der Waals surface area contributed by atoms with Crippen LogP contribution in [0.1, 0.15) is 5.56 Å². The molecule has 9 heteroatoms. The number of aromatic nitrogens is 3. The predicted octanol–water partition coefficient (Wildman–Crippen LogP) is 5.22. The van der Waals surface area contributed by atoms with E-state index in [2.05, 4.69) is 25.8 Å². The van der Waals surface area contributed by atoms with Crippen molar-refractivity contribution in [3.8, 4) is 11.1 Å². The number of aromatic amines is 2. The van der Waals surface area contributed by atoms with Crippen LogP contribution in [0.3, 0.4) is 0 Å². The normalized spacial score (nSPS) is 11.5. The van der Waals surface area contributed by atoms with Gasteiger partial charge in [0.15, 0.2) is 0 Å². The highest BCUT2D eigenvalue weighted by Gasteiger charge is 2.29. The SMILES string of the molecule is O=C(Nc1ccc(C(F)(F)F)cc1)Nc1ccc2[nH]cc(-c3cn[nH]c3)c2c1. The number of carbonyl (C=O) groups is 1. The van der Waals surface area contributed by atoms with Crippen LogP contribution in [0.25, 0.3) is 22.0 Å². The van der Waals surface area contributed by atoms with Gasteiger partial charge in [-0.1, -0.05) is 0 Å². The smallest absolute Gasteiger partial charge is 0.361 e. The van der Waals surface area contributed by atoms with Gasteiger partial charge in [0.1, 0.15) is 0 Å². The Labute approximate surface area is 156 Å². The molecule has 4 N–H and O–H groups in total. The lowest BCUT2D eigenvalue weighted by atomic mass is 10.1. The number of H-pyrrole nitrogens is 2. The van der Waals surface area contributed by atoms with E-state index >= 15 is 0 Å². The van der Waals surface area contributed by atoms with E-state index < -0.39 is 17.8 Å². The van der Waals surface area contributed by atoms with E-state index in [-0.39, 0.29) is 5.69 Å². The number of halogens is 3. The second-order valence-electron chi connectivity index (χ2n) is 6.10. The van der Waals surface area contributed by atoms with Crippen LogP contribution >= 0.6 is 0 Å². The van der Waals surface area contributed by atoms with Gasteiger partial charge in [-0.15, -0.1) is 0 Å². The second-order valence-corrected chi connectivity index (χ2v) is 6.10. The highest BCUT2D eigenvalue weighted by atomic mass is 19.4. The number of benzene rings is 2. The van der Waals surface area contributed by atoms with Gasteiger partial charge in [0.25, 0.3) is 0 Å². The number of amides is 2. The second kappa shape index (κ2) is 6.76. The maximum atomic E-state index is 12.6. The molecule has 0 fully saturated rings. The van der Waals surface area contributed by atoms with Crippen molar-refractivity contribution in [2.24, 2.45) is 0 Å². The molecule has 2 heterocycles. The highest BCUT2D eigenvalue weighted by Crippen LogP contribution is 2.31. The lowest BCUT2D eigenvalue weighted by molar-refractivity contribution is -0.137. The first-order valence-corrected chi connectivity index (χ1v) is 8.26. The number of hydrogen-bond acceptors (Lipinski definition) is 2. The molecule has 0 radical (unpaired) electrons. The van der Waals surface area contributed by atoms with Gasteiger partial charge in [-0.2, -0.15) is 18.3 Å². The van der Waals surface area contributed by atoms with Crippen molar-refractivity contribution in [1.82, 2.24) is 15.2 Å². The number of fused-ring (bicyclic) bond motifs is 1. The average Bonchev–Trinajstić information content (AvgIpc) is 3.30. The molecular weight excluding hydrogens is 371 g/mol. The third-order valence-electron chi connectivity index (χ3n) is 4.22. The molecule has 4 rings (SSSR count). The number of nitrogens with one attached hydrogen (secondary N) is 4. The zero-order valence-corrected chi connectivity index (χ0v) is 14.3. The van der Waals surface area contributed by atoms with Crippen molar-refractivity contribution in [2.75, 3.05) is 10.6 Å². The third-order valence-corrected chi connectivity index (χ3v) is 4.22. The largest absolute Gasteiger partial charge is 0.416 e. The monoisotopic (exact) mass is 385 g/mol. The van der Waals surface area contributed by atoms with Crippen LogP contribution in [0.4, 0.5) is 29.3 Å². The summed E-state index contributed by atoms with van der Waals surface area (Å²) >= 11 is 0. The number of nitrogens with zero attached hydrogens (tertiary/aromatic N) is 1. The van der Waals surface area contributed by atoms with Gasteiger partial charge in [0.05, 0.1) is 11.8 Å². The van der Waals surface area contributed by atoms with Crippen molar-refractivity contribution in [3.05, 3.63) is 66.6 Å². The van der Waals surface area contributed by atoms with E-state index in [1.165, 1.54) is 12.1 Å². The summed E-state index contributed by atoms with van der Waals surface area (Å²) in [6, 6.07) is 9.04. The molecule has 142 valence electrons. The molecule has 0 aliphatic carbocycles. The quantitative estimate of drug-likeness (QED) is 0.390. The molecule has 28 heavy (non-hydrogen) atoms. The minimum atomic E-state index is -4.42. The fraction of sp³-hybridized carbons (Fsp3) is 0.0526. The summed E-state index contributed by atoms with van der Waals surface area (Å²) in [5.41, 5.74) is 2.75. The molecule has 0 saturated heterocycles. The molecule has 2 aromatic heterocycles. The summed E-state index contributed by atoms with van der Waals surface area (Å²) in [6.45, 7) is 0. The Bertz CT molecular complexity index is 1110. The fourth-order valence-corrected chi connectivity index (χ4v) is 2.87. The van der Waals surface area contributed by atoms with Crippen LogP contribution in [0, 0.1) is 0 Å². The first-order chi connectivity index (χ1) is 13.4. The predicted molar refractivity (Wildman–Crippen MR) is 100.0 cm³/mol. The first kappa shape index (κ1) is 17.7. The van der Waals surface area contributed by atoms with Crippen molar-refractivity contribution in [1.29, 1.82) is 0 Å². The minimum absolute atomic E-state index is 0.257. The van der Waals surface area contributed by atoms with Gasteiger partial charge in [0.2, 0.25) is 0 Å². The van der Waals surface area contributed by atoms with Gasteiger partial charge in [-0.25, -0.2) is 4.79 Å². The zero-order chi connectivity index (χ0) is 19.7. The maximum absolute atomic E-state index is 12.6. The Balaban J connectivity index is 1.50. The topological polar surface area (TPSA) is 85.6 Å². The molecular formula is C19H14F3N5O. The van der Waals surface area contributed by atoms with E-state index in [1.54, 1.807) is 24.5 Å². The molecule has 6 nitrogen and oxygen atoms in total. The van der Waals surface area contributed by atoms with Crippen LogP contribution in [-0.4, -0.2) is 21.2 Å². The van der Waals surface area contributed by atoms with Crippen molar-refractivity contribution in [3.63, 3.8) is 0 Å². The van der Waals surface area contributed by atoms with Gasteiger partial charge in [-0.3, -0.25) is 5.10 Å². The first-order valence-electron chi connectivity index (χ1n) is 8.26. The Morgan fingerprint density at radius 1 is 0.964 bits per heavy atom. The zero-order valence-electron chi connectivity index (χ0n) is 14.3. The van der Waals surface area contributed by atoms with E-state index in [0.29, 0.717) is 5.69 Å². The molecule has 0 saturated carbocycles. The average molecular weight is 385 g/mol. The van der Waals surface area contributed by atoms with E-state index in [9.17, 15) is 18.0 Å². The summed E-state index contributed by atoms with van der Waals surface area (Å²) in [5.74, 6) is 0. The summed E-state index contributed by atoms with van der Waals surface area (Å²) < 4.78 is 37.8. The molecule has 2 aromatic carbocycles. The van der Waals surface area contributed by atoms with Gasteiger partial charge in [-0.05, 0) is 42.5 Å². The number of urea groups is 1. The van der Waals surface area contributed by atoms with Crippen LogP contribution in [-0.2, 0) is 6.18 Å². The number of hydrogen-bond donors (Lipinski definition) is 4. The number of anilines is 2. The third kappa shape index (κ3) is 3.54. The minimum Gasteiger partial charge on any atom is -0.361 e. The van der Waals surface area contributed by atoms with Crippen molar-refractivity contribution < 1.29 is 18.0 Å². The van der Waals surface area contributed by atoms with E-state index in [0.717, 1.165) is 34.2 Å². The molecule has 0 spiro atoms. The van der Waals surface area contributed by atoms with Crippen LogP contribution in [0.5, 0.6) is 0 Å². The van der Waals surface area contributed by atoms with E-state index in [4.69, 9.17) is 0 Å². The number of rotatable bonds is 3. The van der Waals surface area contributed by atoms with Crippen molar-refractivity contribution >= 4 is 28.3 Å². The number of carbonyl (C=O) groups excluding carboxylic acids is 1. The number of alkyl halides is 3. The van der Waals surface area contributed by atoms with Gasteiger partial charge < -0.3 is 15.6 Å². The summed E-state index contributed by atoms with van der Waals surface area (Å²) in [4.78, 5) is 15.3. The molecule has 0 unspecified atom stereocenters.